The normalized spacial score (nSPS) is 17.4. The van der Waals surface area contributed by atoms with Crippen LogP contribution in [0.3, 0.4) is 0 Å². The topological polar surface area (TPSA) is 66.9 Å². The minimum atomic E-state index is -3.48. The fourth-order valence-corrected chi connectivity index (χ4v) is 4.05. The van der Waals surface area contributed by atoms with E-state index in [9.17, 15) is 13.2 Å². The first-order valence-electron chi connectivity index (χ1n) is 7.46. The van der Waals surface area contributed by atoms with Gasteiger partial charge in [0, 0.05) is 30.7 Å². The van der Waals surface area contributed by atoms with Gasteiger partial charge in [-0.1, -0.05) is 15.9 Å². The van der Waals surface area contributed by atoms with Gasteiger partial charge in [-0.25, -0.2) is 8.42 Å². The summed E-state index contributed by atoms with van der Waals surface area (Å²) in [6.07, 6.45) is -0.137. The van der Waals surface area contributed by atoms with Crippen LogP contribution in [0.5, 0.6) is 0 Å². The zero-order valence-corrected chi connectivity index (χ0v) is 15.6. The Morgan fingerprint density at radius 3 is 2.26 bits per heavy atom. The molecule has 0 unspecified atom stereocenters. The second-order valence-corrected chi connectivity index (χ2v) is 8.53. The average molecular weight is 405 g/mol. The number of hydrogen-bond donors (Lipinski definition) is 0. The highest BCUT2D eigenvalue weighted by Gasteiger charge is 2.29. The lowest BCUT2D eigenvalue weighted by molar-refractivity contribution is -0.148. The Morgan fingerprint density at radius 1 is 1.17 bits per heavy atom. The third-order valence-corrected chi connectivity index (χ3v) is 5.94. The maximum absolute atomic E-state index is 12.6. The van der Waals surface area contributed by atoms with E-state index in [0.717, 1.165) is 4.47 Å². The molecule has 0 N–H and O–H groups in total. The minimum Gasteiger partial charge on any atom is -0.462 e. The molecule has 1 aromatic rings. The van der Waals surface area contributed by atoms with Crippen LogP contribution in [0.1, 0.15) is 13.8 Å². The van der Waals surface area contributed by atoms with E-state index in [4.69, 9.17) is 4.74 Å². The zero-order chi connectivity index (χ0) is 17.0. The summed E-state index contributed by atoms with van der Waals surface area (Å²) < 4.78 is 32.6. The monoisotopic (exact) mass is 404 g/mol. The van der Waals surface area contributed by atoms with Gasteiger partial charge in [0.1, 0.15) is 0 Å². The predicted octanol–water partition coefficient (Wildman–Crippen LogP) is 1.71. The van der Waals surface area contributed by atoms with Crippen molar-refractivity contribution in [1.82, 2.24) is 9.21 Å². The van der Waals surface area contributed by atoms with Gasteiger partial charge in [0.05, 0.1) is 17.5 Å². The number of carbonyl (C=O) groups excluding carboxylic acids is 1. The van der Waals surface area contributed by atoms with Crippen molar-refractivity contribution in [1.29, 1.82) is 0 Å². The van der Waals surface area contributed by atoms with Crippen LogP contribution in [0.2, 0.25) is 0 Å². The first-order valence-corrected chi connectivity index (χ1v) is 9.70. The first-order chi connectivity index (χ1) is 10.8. The summed E-state index contributed by atoms with van der Waals surface area (Å²) in [7, 11) is -3.48. The number of esters is 1. The summed E-state index contributed by atoms with van der Waals surface area (Å²) in [5.74, 6) is -0.274. The molecule has 0 atom stereocenters. The summed E-state index contributed by atoms with van der Waals surface area (Å²) in [6, 6.07) is 6.60. The largest absolute Gasteiger partial charge is 0.462 e. The SMILES string of the molecule is CC(C)OC(=O)CN1CCN(S(=O)(=O)c2ccc(Br)cc2)CC1. The van der Waals surface area contributed by atoms with Crippen LogP contribution in [0.15, 0.2) is 33.6 Å². The van der Waals surface area contributed by atoms with Crippen LogP contribution < -0.4 is 0 Å². The Bertz CT molecular complexity index is 638. The van der Waals surface area contributed by atoms with E-state index >= 15 is 0 Å². The Balaban J connectivity index is 1.93. The van der Waals surface area contributed by atoms with E-state index in [1.807, 2.05) is 4.90 Å². The van der Waals surface area contributed by atoms with Gasteiger partial charge in [-0.05, 0) is 38.1 Å². The predicted molar refractivity (Wildman–Crippen MR) is 90.6 cm³/mol. The van der Waals surface area contributed by atoms with Crippen molar-refractivity contribution in [2.45, 2.75) is 24.8 Å². The second-order valence-electron chi connectivity index (χ2n) is 5.67. The highest BCUT2D eigenvalue weighted by atomic mass is 79.9. The molecular weight excluding hydrogens is 384 g/mol. The molecule has 0 aromatic heterocycles. The van der Waals surface area contributed by atoms with E-state index in [2.05, 4.69) is 15.9 Å². The molecule has 1 aromatic carbocycles. The summed E-state index contributed by atoms with van der Waals surface area (Å²) in [5.41, 5.74) is 0. The van der Waals surface area contributed by atoms with Gasteiger partial charge < -0.3 is 4.74 Å². The van der Waals surface area contributed by atoms with E-state index < -0.39 is 10.0 Å². The Kier molecular flexibility index (Phi) is 6.19. The van der Waals surface area contributed by atoms with Gasteiger partial charge in [0.15, 0.2) is 0 Å². The number of nitrogens with zero attached hydrogens (tertiary/aromatic N) is 2. The van der Waals surface area contributed by atoms with E-state index in [-0.39, 0.29) is 23.5 Å². The van der Waals surface area contributed by atoms with Gasteiger partial charge >= 0.3 is 5.97 Å². The highest BCUT2D eigenvalue weighted by Crippen LogP contribution is 2.20. The standard InChI is InChI=1S/C15H21BrN2O4S/c1-12(2)22-15(19)11-17-7-9-18(10-8-17)23(20,21)14-5-3-13(16)4-6-14/h3-6,12H,7-11H2,1-2H3. The van der Waals surface area contributed by atoms with Crippen LogP contribution >= 0.6 is 15.9 Å². The van der Waals surface area contributed by atoms with Crippen LogP contribution in [-0.2, 0) is 19.6 Å². The number of piperazine rings is 1. The van der Waals surface area contributed by atoms with Crippen LogP contribution in [0.4, 0.5) is 0 Å². The van der Waals surface area contributed by atoms with Gasteiger partial charge in [-0.2, -0.15) is 4.31 Å². The lowest BCUT2D eigenvalue weighted by Crippen LogP contribution is -2.50. The quantitative estimate of drug-likeness (QED) is 0.698. The average Bonchev–Trinajstić information content (AvgIpc) is 2.47. The first kappa shape index (κ1) is 18.4. The summed E-state index contributed by atoms with van der Waals surface area (Å²) >= 11 is 3.30. The maximum atomic E-state index is 12.6. The van der Waals surface area contributed by atoms with Gasteiger partial charge in [0.2, 0.25) is 10.0 Å². The summed E-state index contributed by atoms with van der Waals surface area (Å²) in [5, 5.41) is 0. The molecule has 8 heteroatoms. The van der Waals surface area contributed by atoms with E-state index in [1.54, 1.807) is 38.1 Å². The molecule has 0 saturated carbocycles. The van der Waals surface area contributed by atoms with Crippen molar-refractivity contribution in [3.8, 4) is 0 Å². The number of ether oxygens (including phenoxy) is 1. The van der Waals surface area contributed by atoms with Crippen molar-refractivity contribution in [2.75, 3.05) is 32.7 Å². The Labute approximate surface area is 145 Å². The van der Waals surface area contributed by atoms with Crippen LogP contribution in [-0.4, -0.2) is 62.4 Å². The summed E-state index contributed by atoms with van der Waals surface area (Å²) in [6.45, 7) is 5.58. The Morgan fingerprint density at radius 2 is 1.74 bits per heavy atom. The number of carbonyl (C=O) groups is 1. The van der Waals surface area contributed by atoms with E-state index in [1.165, 1.54) is 4.31 Å². The number of hydrogen-bond acceptors (Lipinski definition) is 5. The molecule has 0 bridgehead atoms. The third kappa shape index (κ3) is 5.00. The maximum Gasteiger partial charge on any atom is 0.320 e. The number of halogens is 1. The molecule has 1 saturated heterocycles. The Hall–Kier alpha value is -0.960. The van der Waals surface area contributed by atoms with Gasteiger partial charge in [0.25, 0.3) is 0 Å². The molecule has 1 aliphatic heterocycles. The van der Waals surface area contributed by atoms with Crippen molar-refractivity contribution < 1.29 is 17.9 Å². The number of rotatable bonds is 5. The highest BCUT2D eigenvalue weighted by molar-refractivity contribution is 9.10. The molecular formula is C15H21BrN2O4S. The fraction of sp³-hybridized carbons (Fsp3) is 0.533. The summed E-state index contributed by atoms with van der Waals surface area (Å²) in [4.78, 5) is 13.9. The lowest BCUT2D eigenvalue weighted by atomic mass is 10.3. The molecule has 2 rings (SSSR count). The van der Waals surface area contributed by atoms with Gasteiger partial charge in [-0.3, -0.25) is 9.69 Å². The van der Waals surface area contributed by atoms with Crippen LogP contribution in [0, 0.1) is 0 Å². The molecule has 128 valence electrons. The van der Waals surface area contributed by atoms with Crippen LogP contribution in [0.25, 0.3) is 0 Å². The molecule has 0 spiro atoms. The smallest absolute Gasteiger partial charge is 0.320 e. The molecule has 0 radical (unpaired) electrons. The van der Waals surface area contributed by atoms with Crippen molar-refractivity contribution in [3.05, 3.63) is 28.7 Å². The molecule has 23 heavy (non-hydrogen) atoms. The van der Waals surface area contributed by atoms with Crippen molar-refractivity contribution in [2.24, 2.45) is 0 Å². The number of benzene rings is 1. The van der Waals surface area contributed by atoms with Crippen molar-refractivity contribution in [3.63, 3.8) is 0 Å². The molecule has 1 heterocycles. The zero-order valence-electron chi connectivity index (χ0n) is 13.2. The third-order valence-electron chi connectivity index (χ3n) is 3.50. The molecule has 0 amide bonds. The minimum absolute atomic E-state index is 0.137. The van der Waals surface area contributed by atoms with Crippen molar-refractivity contribution >= 4 is 31.9 Å². The molecule has 1 fully saturated rings. The molecule has 1 aliphatic rings. The fourth-order valence-electron chi connectivity index (χ4n) is 2.37. The number of sulfonamides is 1. The molecule has 6 nitrogen and oxygen atoms in total. The second kappa shape index (κ2) is 7.74. The van der Waals surface area contributed by atoms with Gasteiger partial charge in [-0.15, -0.1) is 0 Å². The van der Waals surface area contributed by atoms with E-state index in [0.29, 0.717) is 26.2 Å². The molecule has 0 aliphatic carbocycles. The lowest BCUT2D eigenvalue weighted by Gasteiger charge is -2.33.